The maximum atomic E-state index is 12.4. The molecular formula is C27H42CaO7. The Hall–Kier alpha value is -1.31. The first-order valence-corrected chi connectivity index (χ1v) is 12.5. The molecule has 0 aliphatic rings. The van der Waals surface area contributed by atoms with Crippen LogP contribution in [0.5, 0.6) is 0 Å². The second-order valence-electron chi connectivity index (χ2n) is 9.26. The van der Waals surface area contributed by atoms with Gasteiger partial charge in [0.2, 0.25) is 0 Å². The Morgan fingerprint density at radius 1 is 0.657 bits per heavy atom. The topological polar surface area (TPSA) is 116 Å². The molecule has 0 fully saturated rings. The molecule has 1 aromatic rings. The molecule has 0 heterocycles. The standard InChI is InChI=1S/C26H42O4.CH2O3.Ca/c1-21(2)15-9-5-7-13-19-29-25(27)23-17-11-12-18-24(23)26(28)30-20-14-8-6-10-16-22(3)4;2-1(3)4;/h11-12,17-18,21-22H,5-10,13-16,19-20H2,1-4H3;(H2,2,3,4);/q;;+2/p-2. The summed E-state index contributed by atoms with van der Waals surface area (Å²) in [6.07, 6.45) is 8.74. The van der Waals surface area contributed by atoms with Gasteiger partial charge in [0, 0.05) is 0 Å². The maximum absolute atomic E-state index is 12.4. The van der Waals surface area contributed by atoms with E-state index in [0.717, 1.165) is 50.4 Å². The van der Waals surface area contributed by atoms with E-state index in [1.165, 1.54) is 25.7 Å². The number of unbranched alkanes of at least 4 members (excludes halogenated alkanes) is 6. The molecule has 0 radical (unpaired) electrons. The average molecular weight is 519 g/mol. The molecule has 0 aliphatic heterocycles. The monoisotopic (exact) mass is 518 g/mol. The fourth-order valence-corrected chi connectivity index (χ4v) is 3.34. The van der Waals surface area contributed by atoms with Gasteiger partial charge in [-0.05, 0) is 43.0 Å². The number of esters is 2. The van der Waals surface area contributed by atoms with Crippen LogP contribution in [0.25, 0.3) is 0 Å². The second-order valence-corrected chi connectivity index (χ2v) is 9.26. The molecule has 7 nitrogen and oxygen atoms in total. The van der Waals surface area contributed by atoms with E-state index in [1.54, 1.807) is 24.3 Å². The van der Waals surface area contributed by atoms with E-state index in [4.69, 9.17) is 24.5 Å². The Kier molecular flexibility index (Phi) is 23.7. The van der Waals surface area contributed by atoms with Gasteiger partial charge in [-0.15, -0.1) is 0 Å². The molecule has 1 aromatic carbocycles. The van der Waals surface area contributed by atoms with E-state index < -0.39 is 18.1 Å². The Morgan fingerprint density at radius 2 is 0.971 bits per heavy atom. The maximum Gasteiger partial charge on any atom is 2.00 e. The van der Waals surface area contributed by atoms with Crippen LogP contribution in [-0.2, 0) is 9.47 Å². The Bertz CT molecular complexity index is 648. The van der Waals surface area contributed by atoms with Gasteiger partial charge in [0.1, 0.15) is 0 Å². The van der Waals surface area contributed by atoms with E-state index in [-0.39, 0.29) is 37.7 Å². The van der Waals surface area contributed by atoms with Crippen molar-refractivity contribution in [3.05, 3.63) is 35.4 Å². The minimum atomic E-state index is -2.33. The summed E-state index contributed by atoms with van der Waals surface area (Å²) in [5, 5.41) is 16.7. The van der Waals surface area contributed by atoms with Crippen LogP contribution in [0, 0.1) is 11.8 Å². The zero-order chi connectivity index (χ0) is 25.8. The number of carbonyl (C=O) groups excluding carboxylic acids is 3. The predicted molar refractivity (Wildman–Crippen MR) is 134 cm³/mol. The van der Waals surface area contributed by atoms with Crippen LogP contribution in [-0.4, -0.2) is 69.0 Å². The van der Waals surface area contributed by atoms with Gasteiger partial charge in [0.05, 0.1) is 24.3 Å². The van der Waals surface area contributed by atoms with Gasteiger partial charge >= 0.3 is 49.7 Å². The van der Waals surface area contributed by atoms with E-state index in [9.17, 15) is 9.59 Å². The smallest absolute Gasteiger partial charge is 0.652 e. The molecular weight excluding hydrogens is 476 g/mol. The van der Waals surface area contributed by atoms with Crippen LogP contribution < -0.4 is 10.2 Å². The minimum absolute atomic E-state index is 0. The minimum Gasteiger partial charge on any atom is -0.652 e. The zero-order valence-corrected chi connectivity index (χ0v) is 24.2. The normalized spacial score (nSPS) is 10.2. The van der Waals surface area contributed by atoms with Crippen molar-refractivity contribution >= 4 is 55.8 Å². The third-order valence-electron chi connectivity index (χ3n) is 5.18. The molecule has 1 rings (SSSR count). The van der Waals surface area contributed by atoms with Crippen molar-refractivity contribution in [1.82, 2.24) is 0 Å². The number of carbonyl (C=O) groups is 3. The second kappa shape index (κ2) is 23.1. The quantitative estimate of drug-likeness (QED) is 0.181. The summed E-state index contributed by atoms with van der Waals surface area (Å²) in [6.45, 7) is 9.72. The largest absolute Gasteiger partial charge is 2.00 e. The molecule has 0 spiro atoms. The number of benzene rings is 1. The van der Waals surface area contributed by atoms with Crippen molar-refractivity contribution in [3.63, 3.8) is 0 Å². The van der Waals surface area contributed by atoms with Gasteiger partial charge in [-0.25, -0.2) is 9.59 Å². The summed E-state index contributed by atoms with van der Waals surface area (Å²) in [7, 11) is 0. The van der Waals surface area contributed by atoms with E-state index in [2.05, 4.69) is 27.7 Å². The number of rotatable bonds is 16. The molecule has 0 aromatic heterocycles. The molecule has 8 heteroatoms. The summed E-state index contributed by atoms with van der Waals surface area (Å²) < 4.78 is 10.8. The number of hydrogen-bond acceptors (Lipinski definition) is 7. The van der Waals surface area contributed by atoms with E-state index in [1.807, 2.05) is 0 Å². The van der Waals surface area contributed by atoms with Crippen LogP contribution in [0.15, 0.2) is 24.3 Å². The van der Waals surface area contributed by atoms with Crippen molar-refractivity contribution < 1.29 is 34.1 Å². The van der Waals surface area contributed by atoms with Crippen LogP contribution >= 0.6 is 0 Å². The third kappa shape index (κ3) is 21.7. The first kappa shape index (κ1) is 35.8. The molecule has 0 unspecified atom stereocenters. The van der Waals surface area contributed by atoms with Gasteiger partial charge in [-0.3, -0.25) is 0 Å². The summed E-state index contributed by atoms with van der Waals surface area (Å²) in [5.41, 5.74) is 0.582. The molecule has 0 N–H and O–H groups in total. The summed E-state index contributed by atoms with van der Waals surface area (Å²) in [5.74, 6) is 0.588. The predicted octanol–water partition coefficient (Wildman–Crippen LogP) is 4.39. The van der Waals surface area contributed by atoms with Gasteiger partial charge in [-0.1, -0.05) is 91.2 Å². The third-order valence-corrected chi connectivity index (χ3v) is 5.18. The van der Waals surface area contributed by atoms with Crippen molar-refractivity contribution in [2.75, 3.05) is 13.2 Å². The number of ether oxygens (including phenoxy) is 2. The molecule has 35 heavy (non-hydrogen) atoms. The van der Waals surface area contributed by atoms with Crippen molar-refractivity contribution in [2.24, 2.45) is 11.8 Å². The van der Waals surface area contributed by atoms with Gasteiger partial charge < -0.3 is 24.5 Å². The summed E-state index contributed by atoms with van der Waals surface area (Å²) >= 11 is 0. The summed E-state index contributed by atoms with van der Waals surface area (Å²) in [6, 6.07) is 6.75. The number of carboxylic acid groups (broad SMARTS) is 2. The fourth-order valence-electron chi connectivity index (χ4n) is 3.34. The molecule has 194 valence electrons. The molecule has 0 atom stereocenters. The van der Waals surface area contributed by atoms with Gasteiger partial charge in [-0.2, -0.15) is 0 Å². The molecule has 0 saturated heterocycles. The first-order chi connectivity index (χ1) is 16.1. The van der Waals surface area contributed by atoms with Crippen molar-refractivity contribution in [3.8, 4) is 0 Å². The van der Waals surface area contributed by atoms with E-state index >= 15 is 0 Å². The Labute approximate surface area is 241 Å². The van der Waals surface area contributed by atoms with Crippen molar-refractivity contribution in [1.29, 1.82) is 0 Å². The summed E-state index contributed by atoms with van der Waals surface area (Å²) in [4.78, 5) is 33.2. The molecule has 0 amide bonds. The van der Waals surface area contributed by atoms with Crippen LogP contribution in [0.3, 0.4) is 0 Å². The fraction of sp³-hybridized carbons (Fsp3) is 0.667. The van der Waals surface area contributed by atoms with Crippen LogP contribution in [0.1, 0.15) is 113 Å². The average Bonchev–Trinajstić information content (AvgIpc) is 2.76. The van der Waals surface area contributed by atoms with Crippen LogP contribution in [0.4, 0.5) is 4.79 Å². The van der Waals surface area contributed by atoms with E-state index in [0.29, 0.717) is 24.3 Å². The number of hydrogen-bond donors (Lipinski definition) is 0. The first-order valence-electron chi connectivity index (χ1n) is 12.5. The van der Waals surface area contributed by atoms with Gasteiger partial charge in [0.15, 0.2) is 0 Å². The van der Waals surface area contributed by atoms with Crippen LogP contribution in [0.2, 0.25) is 0 Å². The Balaban J connectivity index is 0. The molecule has 0 saturated carbocycles. The molecule has 0 aliphatic carbocycles. The van der Waals surface area contributed by atoms with Crippen molar-refractivity contribution in [2.45, 2.75) is 91.9 Å². The Morgan fingerprint density at radius 3 is 1.29 bits per heavy atom. The zero-order valence-electron chi connectivity index (χ0n) is 22.0. The molecule has 0 bridgehead atoms. The SMILES string of the molecule is CC(C)CCCCCCOC(=O)c1ccccc1C(=O)OCCCCCCC(C)C.O=C([O-])[O-].[Ca+2]. The van der Waals surface area contributed by atoms with Gasteiger partial charge in [0.25, 0.3) is 0 Å².